The number of hydrogen-bond donors (Lipinski definition) is 2. The number of urea groups is 1. The monoisotopic (exact) mass is 388 g/mol. The van der Waals surface area contributed by atoms with Crippen molar-refractivity contribution >= 4 is 32.5 Å². The van der Waals surface area contributed by atoms with Gasteiger partial charge in [-0.2, -0.15) is 0 Å². The van der Waals surface area contributed by atoms with Crippen LogP contribution in [0.1, 0.15) is 11.1 Å². The number of aryl methyl sites for hydroxylation is 2. The summed E-state index contributed by atoms with van der Waals surface area (Å²) in [6.45, 7) is 3.45. The van der Waals surface area contributed by atoms with E-state index in [-0.39, 0.29) is 10.0 Å². The first-order chi connectivity index (χ1) is 12.3. The summed E-state index contributed by atoms with van der Waals surface area (Å²) in [6.07, 6.45) is 0. The molecule has 3 rings (SSSR count). The van der Waals surface area contributed by atoms with E-state index >= 15 is 0 Å². The van der Waals surface area contributed by atoms with Gasteiger partial charge in [0.25, 0.3) is 10.0 Å². The van der Waals surface area contributed by atoms with Gasteiger partial charge in [-0.3, -0.25) is 5.32 Å². The number of nitrogens with zero attached hydrogens (tertiary/aromatic N) is 2. The number of rotatable bonds is 4. The van der Waals surface area contributed by atoms with E-state index in [4.69, 9.17) is 0 Å². The van der Waals surface area contributed by atoms with E-state index in [9.17, 15) is 13.2 Å². The van der Waals surface area contributed by atoms with Crippen LogP contribution in [0.25, 0.3) is 10.6 Å². The Balaban J connectivity index is 1.73. The summed E-state index contributed by atoms with van der Waals surface area (Å²) >= 11 is 1.15. The van der Waals surface area contributed by atoms with Crippen molar-refractivity contribution in [2.75, 3.05) is 5.32 Å². The second-order valence-electron chi connectivity index (χ2n) is 5.61. The SMILES string of the molecule is Cc1ccc(C)c(S(=O)(=O)NC(=O)Nc2nnc(-c3ccccc3)s2)c1. The third-order valence-corrected chi connectivity index (χ3v) is 5.89. The van der Waals surface area contributed by atoms with Gasteiger partial charge in [0, 0.05) is 5.56 Å². The fraction of sp³-hybridized carbons (Fsp3) is 0.118. The first kappa shape index (κ1) is 18.0. The topological polar surface area (TPSA) is 101 Å². The zero-order chi connectivity index (χ0) is 18.7. The molecule has 1 aromatic heterocycles. The molecule has 134 valence electrons. The number of anilines is 1. The Hall–Kier alpha value is -2.78. The molecule has 3 aromatic rings. The molecule has 7 nitrogen and oxygen atoms in total. The van der Waals surface area contributed by atoms with Gasteiger partial charge in [0.05, 0.1) is 4.90 Å². The van der Waals surface area contributed by atoms with Crippen LogP contribution >= 0.6 is 11.3 Å². The van der Waals surface area contributed by atoms with E-state index in [0.717, 1.165) is 22.5 Å². The molecule has 0 aliphatic rings. The number of amides is 2. The maximum Gasteiger partial charge on any atom is 0.334 e. The third-order valence-electron chi connectivity index (χ3n) is 3.53. The van der Waals surface area contributed by atoms with Crippen molar-refractivity contribution in [3.8, 4) is 10.6 Å². The molecule has 0 unspecified atom stereocenters. The molecule has 0 aliphatic carbocycles. The molecule has 9 heteroatoms. The normalized spacial score (nSPS) is 11.2. The van der Waals surface area contributed by atoms with Crippen molar-refractivity contribution in [2.24, 2.45) is 0 Å². The molecule has 2 aromatic carbocycles. The molecule has 0 spiro atoms. The molecule has 0 saturated heterocycles. The van der Waals surface area contributed by atoms with Gasteiger partial charge in [0.15, 0.2) is 0 Å². The number of hydrogen-bond acceptors (Lipinski definition) is 6. The summed E-state index contributed by atoms with van der Waals surface area (Å²) in [4.78, 5) is 12.1. The Morgan fingerprint density at radius 1 is 1.04 bits per heavy atom. The van der Waals surface area contributed by atoms with Crippen molar-refractivity contribution in [2.45, 2.75) is 18.7 Å². The van der Waals surface area contributed by atoms with Crippen molar-refractivity contribution < 1.29 is 13.2 Å². The summed E-state index contributed by atoms with van der Waals surface area (Å²) in [5.41, 5.74) is 2.20. The average Bonchev–Trinajstić information content (AvgIpc) is 3.05. The molecule has 0 aliphatic heterocycles. The van der Waals surface area contributed by atoms with Crippen molar-refractivity contribution in [1.29, 1.82) is 0 Å². The molecule has 2 amide bonds. The van der Waals surface area contributed by atoms with Crippen LogP contribution in [-0.2, 0) is 10.0 Å². The highest BCUT2D eigenvalue weighted by molar-refractivity contribution is 7.90. The Bertz CT molecular complexity index is 1050. The summed E-state index contributed by atoms with van der Waals surface area (Å²) < 4.78 is 26.9. The van der Waals surface area contributed by atoms with Crippen molar-refractivity contribution in [3.63, 3.8) is 0 Å². The Morgan fingerprint density at radius 2 is 1.77 bits per heavy atom. The van der Waals surface area contributed by atoms with Crippen LogP contribution in [0.15, 0.2) is 53.4 Å². The predicted molar refractivity (Wildman–Crippen MR) is 101 cm³/mol. The fourth-order valence-corrected chi connectivity index (χ4v) is 4.25. The highest BCUT2D eigenvalue weighted by Crippen LogP contribution is 2.26. The van der Waals surface area contributed by atoms with Crippen molar-refractivity contribution in [3.05, 3.63) is 59.7 Å². The van der Waals surface area contributed by atoms with E-state index in [0.29, 0.717) is 10.6 Å². The maximum absolute atomic E-state index is 12.4. The largest absolute Gasteiger partial charge is 0.334 e. The fourth-order valence-electron chi connectivity index (χ4n) is 2.27. The van der Waals surface area contributed by atoms with Crippen LogP contribution in [-0.4, -0.2) is 24.6 Å². The summed E-state index contributed by atoms with van der Waals surface area (Å²) in [5, 5.41) is 11.1. The second-order valence-corrected chi connectivity index (χ2v) is 8.24. The molecule has 0 saturated carbocycles. The lowest BCUT2D eigenvalue weighted by molar-refractivity contribution is 0.256. The van der Waals surface area contributed by atoms with Gasteiger partial charge in [-0.15, -0.1) is 10.2 Å². The zero-order valence-electron chi connectivity index (χ0n) is 14.1. The molecule has 0 fully saturated rings. The van der Waals surface area contributed by atoms with Gasteiger partial charge in [-0.25, -0.2) is 17.9 Å². The number of benzene rings is 2. The molecule has 0 atom stereocenters. The lowest BCUT2D eigenvalue weighted by atomic mass is 10.2. The van der Waals surface area contributed by atoms with Crippen LogP contribution < -0.4 is 10.0 Å². The van der Waals surface area contributed by atoms with Crippen LogP contribution in [0.5, 0.6) is 0 Å². The smallest absolute Gasteiger partial charge is 0.281 e. The third kappa shape index (κ3) is 4.06. The van der Waals surface area contributed by atoms with Crippen LogP contribution in [0.3, 0.4) is 0 Å². The number of aromatic nitrogens is 2. The maximum atomic E-state index is 12.4. The van der Waals surface area contributed by atoms with Crippen LogP contribution in [0.4, 0.5) is 9.93 Å². The van der Waals surface area contributed by atoms with Gasteiger partial charge in [-0.05, 0) is 31.0 Å². The predicted octanol–water partition coefficient (Wildman–Crippen LogP) is 3.33. The van der Waals surface area contributed by atoms with Crippen LogP contribution in [0.2, 0.25) is 0 Å². The summed E-state index contributed by atoms with van der Waals surface area (Å²) in [6, 6.07) is 13.5. The summed E-state index contributed by atoms with van der Waals surface area (Å²) in [7, 11) is -3.98. The van der Waals surface area contributed by atoms with E-state index in [1.54, 1.807) is 26.0 Å². The molecule has 0 radical (unpaired) electrons. The van der Waals surface area contributed by atoms with Crippen molar-refractivity contribution in [1.82, 2.24) is 14.9 Å². The van der Waals surface area contributed by atoms with Gasteiger partial charge in [0.1, 0.15) is 5.01 Å². The standard InChI is InChI=1S/C17H16N4O3S2/c1-11-8-9-12(2)14(10-11)26(23,24)21-16(22)18-17-20-19-15(25-17)13-6-4-3-5-7-13/h3-10H,1-2H3,(H2,18,20,21,22). The molecule has 2 N–H and O–H groups in total. The van der Waals surface area contributed by atoms with Gasteiger partial charge in [-0.1, -0.05) is 53.8 Å². The molecular weight excluding hydrogens is 372 g/mol. The minimum absolute atomic E-state index is 0.0647. The highest BCUT2D eigenvalue weighted by Gasteiger charge is 2.21. The number of carbonyl (C=O) groups is 1. The van der Waals surface area contributed by atoms with E-state index in [1.165, 1.54) is 6.07 Å². The number of nitrogens with one attached hydrogen (secondary N) is 2. The van der Waals surface area contributed by atoms with E-state index in [1.807, 2.05) is 35.1 Å². The van der Waals surface area contributed by atoms with Gasteiger partial charge < -0.3 is 0 Å². The average molecular weight is 388 g/mol. The first-order valence-corrected chi connectivity index (χ1v) is 9.95. The first-order valence-electron chi connectivity index (χ1n) is 7.65. The van der Waals surface area contributed by atoms with Gasteiger partial charge >= 0.3 is 6.03 Å². The Kier molecular flexibility index (Phi) is 5.01. The molecule has 26 heavy (non-hydrogen) atoms. The van der Waals surface area contributed by atoms with E-state index in [2.05, 4.69) is 15.5 Å². The lowest BCUT2D eigenvalue weighted by Gasteiger charge is -2.10. The van der Waals surface area contributed by atoms with E-state index < -0.39 is 16.1 Å². The summed E-state index contributed by atoms with van der Waals surface area (Å²) in [5.74, 6) is 0. The molecular formula is C17H16N4O3S2. The number of sulfonamides is 1. The minimum Gasteiger partial charge on any atom is -0.281 e. The quantitative estimate of drug-likeness (QED) is 0.714. The molecule has 1 heterocycles. The molecule has 0 bridgehead atoms. The zero-order valence-corrected chi connectivity index (χ0v) is 15.7. The lowest BCUT2D eigenvalue weighted by Crippen LogP contribution is -2.34. The highest BCUT2D eigenvalue weighted by atomic mass is 32.2. The number of carbonyl (C=O) groups excluding carboxylic acids is 1. The van der Waals surface area contributed by atoms with Gasteiger partial charge in [0.2, 0.25) is 5.13 Å². The Morgan fingerprint density at radius 3 is 2.50 bits per heavy atom. The second kappa shape index (κ2) is 7.22. The Labute approximate surface area is 155 Å². The van der Waals surface area contributed by atoms with Crippen LogP contribution in [0, 0.1) is 13.8 Å². The minimum atomic E-state index is -3.98.